The summed E-state index contributed by atoms with van der Waals surface area (Å²) in [6, 6.07) is -4.79. The minimum absolute atomic E-state index is 0.119. The van der Waals surface area contributed by atoms with Gasteiger partial charge in [0, 0.05) is 18.6 Å². The van der Waals surface area contributed by atoms with Gasteiger partial charge in [-0.05, 0) is 25.2 Å². The molecule has 0 aromatic carbocycles. The van der Waals surface area contributed by atoms with Crippen molar-refractivity contribution in [2.24, 2.45) is 23.1 Å². The van der Waals surface area contributed by atoms with E-state index in [-0.39, 0.29) is 37.4 Å². The van der Waals surface area contributed by atoms with E-state index in [0.717, 1.165) is 0 Å². The molecule has 0 aromatic heterocycles. The zero-order valence-corrected chi connectivity index (χ0v) is 19.6. The molecular formula is C19H34N6O7S. The number of hydrogen-bond donors (Lipinski definition) is 8. The zero-order chi connectivity index (χ0) is 25.7. The molecule has 0 radical (unpaired) electrons. The van der Waals surface area contributed by atoms with Crippen LogP contribution in [0.1, 0.15) is 46.0 Å². The van der Waals surface area contributed by atoms with Gasteiger partial charge in [-0.2, -0.15) is 12.6 Å². The number of rotatable bonds is 16. The highest BCUT2D eigenvalue weighted by molar-refractivity contribution is 7.80. The average Bonchev–Trinajstić information content (AvgIpc) is 2.70. The maximum atomic E-state index is 12.7. The van der Waals surface area contributed by atoms with Crippen LogP contribution in [0.4, 0.5) is 0 Å². The highest BCUT2D eigenvalue weighted by Crippen LogP contribution is 2.05. The van der Waals surface area contributed by atoms with E-state index in [2.05, 4.69) is 28.6 Å². The first-order valence-corrected chi connectivity index (χ1v) is 11.0. The van der Waals surface area contributed by atoms with Crippen LogP contribution >= 0.6 is 12.6 Å². The average molecular weight is 491 g/mol. The molecule has 0 heterocycles. The summed E-state index contributed by atoms with van der Waals surface area (Å²) in [5.74, 6) is -5.16. The summed E-state index contributed by atoms with van der Waals surface area (Å²) in [7, 11) is 0. The van der Waals surface area contributed by atoms with E-state index in [1.54, 1.807) is 0 Å². The molecule has 0 aromatic rings. The molecule has 188 valence electrons. The Hall–Kier alpha value is -2.87. The summed E-state index contributed by atoms with van der Waals surface area (Å²) >= 11 is 4.04. The Kier molecular flexibility index (Phi) is 13.7. The zero-order valence-electron chi connectivity index (χ0n) is 18.7. The standard InChI is InChI=1S/C19H34N6O7S/c1-9(2)7-10(20)16(28)25-13(8-33)18(30)23-11(3-5-14(21)26)17(29)24-12(19(31)32)4-6-15(22)27/h9-13,33H,3-8,20H2,1-2H3,(H2,21,26)(H2,22,27)(H,23,30)(H,24,29)(H,25,28)(H,31,32). The van der Waals surface area contributed by atoms with Crippen LogP contribution in [0.5, 0.6) is 0 Å². The second kappa shape index (κ2) is 15.1. The summed E-state index contributed by atoms with van der Waals surface area (Å²) in [4.78, 5) is 71.0. The van der Waals surface area contributed by atoms with Crippen LogP contribution in [0, 0.1) is 5.92 Å². The third kappa shape index (κ3) is 12.7. The van der Waals surface area contributed by atoms with Crippen molar-refractivity contribution in [1.82, 2.24) is 16.0 Å². The van der Waals surface area contributed by atoms with Crippen molar-refractivity contribution < 1.29 is 33.9 Å². The fourth-order valence-corrected chi connectivity index (χ4v) is 2.99. The summed E-state index contributed by atoms with van der Waals surface area (Å²) in [5.41, 5.74) is 15.9. The van der Waals surface area contributed by atoms with E-state index in [0.29, 0.717) is 6.42 Å². The lowest BCUT2D eigenvalue weighted by Gasteiger charge is -2.24. The molecule has 0 saturated heterocycles. The lowest BCUT2D eigenvalue weighted by atomic mass is 10.0. The van der Waals surface area contributed by atoms with Gasteiger partial charge in [-0.15, -0.1) is 0 Å². The lowest BCUT2D eigenvalue weighted by molar-refractivity contribution is -0.142. The predicted molar refractivity (Wildman–Crippen MR) is 122 cm³/mol. The first-order valence-electron chi connectivity index (χ1n) is 10.3. The van der Waals surface area contributed by atoms with E-state index < -0.39 is 59.7 Å². The molecule has 33 heavy (non-hydrogen) atoms. The molecule has 0 aliphatic heterocycles. The number of primary amides is 2. The second-order valence-corrected chi connectivity index (χ2v) is 8.32. The van der Waals surface area contributed by atoms with Crippen LogP contribution in [-0.2, 0) is 28.8 Å². The molecule has 0 spiro atoms. The summed E-state index contributed by atoms with van der Waals surface area (Å²) in [6.45, 7) is 3.76. The molecule has 10 N–H and O–H groups in total. The first kappa shape index (κ1) is 30.1. The smallest absolute Gasteiger partial charge is 0.326 e. The van der Waals surface area contributed by atoms with E-state index >= 15 is 0 Å². The Morgan fingerprint density at radius 1 is 0.788 bits per heavy atom. The van der Waals surface area contributed by atoms with Crippen molar-refractivity contribution in [3.8, 4) is 0 Å². The van der Waals surface area contributed by atoms with Crippen LogP contribution in [0.2, 0.25) is 0 Å². The highest BCUT2D eigenvalue weighted by atomic mass is 32.1. The van der Waals surface area contributed by atoms with Crippen LogP contribution in [0.3, 0.4) is 0 Å². The van der Waals surface area contributed by atoms with Crippen LogP contribution in [0.25, 0.3) is 0 Å². The number of carbonyl (C=O) groups excluding carboxylic acids is 5. The van der Waals surface area contributed by atoms with Crippen LogP contribution in [-0.4, -0.2) is 70.5 Å². The van der Waals surface area contributed by atoms with E-state index in [1.807, 2.05) is 13.8 Å². The van der Waals surface area contributed by atoms with Gasteiger partial charge < -0.3 is 38.3 Å². The van der Waals surface area contributed by atoms with Gasteiger partial charge in [-0.3, -0.25) is 24.0 Å². The Balaban J connectivity index is 5.34. The number of amides is 5. The molecule has 14 heteroatoms. The molecule has 4 atom stereocenters. The molecule has 0 bridgehead atoms. The van der Waals surface area contributed by atoms with Crippen molar-refractivity contribution in [1.29, 1.82) is 0 Å². The highest BCUT2D eigenvalue weighted by Gasteiger charge is 2.30. The van der Waals surface area contributed by atoms with Gasteiger partial charge in [0.1, 0.15) is 18.1 Å². The SMILES string of the molecule is CC(C)CC(N)C(=O)NC(CS)C(=O)NC(CCC(N)=O)C(=O)NC(CCC(N)=O)C(=O)O. The fraction of sp³-hybridized carbons (Fsp3) is 0.684. The molecule has 4 unspecified atom stereocenters. The molecule has 0 rings (SSSR count). The molecule has 0 fully saturated rings. The van der Waals surface area contributed by atoms with Gasteiger partial charge in [0.15, 0.2) is 0 Å². The first-order chi connectivity index (χ1) is 15.3. The van der Waals surface area contributed by atoms with Crippen molar-refractivity contribution in [2.75, 3.05) is 5.75 Å². The Morgan fingerprint density at radius 3 is 1.64 bits per heavy atom. The number of carboxylic acids is 1. The Bertz CT molecular complexity index is 733. The monoisotopic (exact) mass is 490 g/mol. The van der Waals surface area contributed by atoms with E-state index in [4.69, 9.17) is 17.2 Å². The summed E-state index contributed by atoms with van der Waals surface area (Å²) < 4.78 is 0. The third-order valence-electron chi connectivity index (χ3n) is 4.48. The number of nitrogens with two attached hydrogens (primary N) is 3. The predicted octanol–water partition coefficient (Wildman–Crippen LogP) is -2.64. The number of carboxylic acid groups (broad SMARTS) is 1. The Morgan fingerprint density at radius 2 is 1.21 bits per heavy atom. The number of aliphatic carboxylic acids is 1. The molecule has 0 aliphatic rings. The maximum Gasteiger partial charge on any atom is 0.326 e. The van der Waals surface area contributed by atoms with Crippen LogP contribution < -0.4 is 33.2 Å². The van der Waals surface area contributed by atoms with Gasteiger partial charge in [0.05, 0.1) is 6.04 Å². The Labute approximate surface area is 197 Å². The lowest BCUT2D eigenvalue weighted by Crippen LogP contribution is -2.57. The van der Waals surface area contributed by atoms with Crippen molar-refractivity contribution >= 4 is 48.1 Å². The molecule has 0 aliphatic carbocycles. The molecule has 5 amide bonds. The van der Waals surface area contributed by atoms with Crippen molar-refractivity contribution in [2.45, 2.75) is 70.1 Å². The molecular weight excluding hydrogens is 456 g/mol. The minimum Gasteiger partial charge on any atom is -0.480 e. The van der Waals surface area contributed by atoms with Gasteiger partial charge in [-0.25, -0.2) is 4.79 Å². The molecule has 13 nitrogen and oxygen atoms in total. The quantitative estimate of drug-likeness (QED) is 0.106. The minimum atomic E-state index is -1.45. The number of nitrogens with one attached hydrogen (secondary N) is 3. The number of carbonyl (C=O) groups is 6. The third-order valence-corrected chi connectivity index (χ3v) is 4.85. The van der Waals surface area contributed by atoms with Gasteiger partial charge in [0.2, 0.25) is 29.5 Å². The topological polar surface area (TPSA) is 237 Å². The number of hydrogen-bond acceptors (Lipinski definition) is 8. The van der Waals surface area contributed by atoms with Crippen LogP contribution in [0.15, 0.2) is 0 Å². The molecule has 0 saturated carbocycles. The van der Waals surface area contributed by atoms with Gasteiger partial charge >= 0.3 is 5.97 Å². The van der Waals surface area contributed by atoms with Gasteiger partial charge in [0.25, 0.3) is 0 Å². The fourth-order valence-electron chi connectivity index (χ4n) is 2.73. The maximum absolute atomic E-state index is 12.7. The summed E-state index contributed by atoms with van der Waals surface area (Å²) in [5, 5.41) is 16.3. The number of thiol groups is 1. The van der Waals surface area contributed by atoms with Crippen molar-refractivity contribution in [3.63, 3.8) is 0 Å². The van der Waals surface area contributed by atoms with E-state index in [1.165, 1.54) is 0 Å². The van der Waals surface area contributed by atoms with Crippen molar-refractivity contribution in [3.05, 3.63) is 0 Å². The van der Waals surface area contributed by atoms with Gasteiger partial charge in [-0.1, -0.05) is 13.8 Å². The largest absolute Gasteiger partial charge is 0.480 e. The second-order valence-electron chi connectivity index (χ2n) is 7.95. The summed E-state index contributed by atoms with van der Waals surface area (Å²) in [6.07, 6.45) is -0.683. The normalized spacial score (nSPS) is 14.5. The van der Waals surface area contributed by atoms with E-state index in [9.17, 15) is 33.9 Å².